The third-order valence-electron chi connectivity index (χ3n) is 2.52. The van der Waals surface area contributed by atoms with Crippen LogP contribution in [0.4, 0.5) is 0 Å². The van der Waals surface area contributed by atoms with Gasteiger partial charge in [0.25, 0.3) is 0 Å². The summed E-state index contributed by atoms with van der Waals surface area (Å²) >= 11 is 0. The first-order valence-electron chi connectivity index (χ1n) is 5.25. The first kappa shape index (κ1) is 10.2. The van der Waals surface area contributed by atoms with E-state index in [1.807, 2.05) is 18.5 Å². The van der Waals surface area contributed by atoms with Crippen molar-refractivity contribution in [2.45, 2.75) is 39.5 Å². The summed E-state index contributed by atoms with van der Waals surface area (Å²) in [7, 11) is 0. The predicted octanol–water partition coefficient (Wildman–Crippen LogP) is 3.45. The summed E-state index contributed by atoms with van der Waals surface area (Å²) in [6.45, 7) is 4.53. The molecule has 1 heteroatoms. The van der Waals surface area contributed by atoms with Gasteiger partial charge in [0.2, 0.25) is 0 Å². The Balaban J connectivity index is 2.46. The highest BCUT2D eigenvalue weighted by atomic mass is 14.6. The zero-order valence-electron chi connectivity index (χ0n) is 8.66. The lowest BCUT2D eigenvalue weighted by Gasteiger charge is -2.12. The Labute approximate surface area is 81.2 Å². The second kappa shape index (κ2) is 5.74. The Morgan fingerprint density at radius 1 is 1.38 bits per heavy atom. The first-order chi connectivity index (χ1) is 6.36. The number of hydrogen-bond donors (Lipinski definition) is 0. The molecule has 0 aliphatic rings. The van der Waals surface area contributed by atoms with E-state index in [-0.39, 0.29) is 0 Å². The van der Waals surface area contributed by atoms with Gasteiger partial charge >= 0.3 is 0 Å². The van der Waals surface area contributed by atoms with Gasteiger partial charge in [-0.1, -0.05) is 39.2 Å². The topological polar surface area (TPSA) is 12.9 Å². The molecular formula is C12H19N. The van der Waals surface area contributed by atoms with Crippen molar-refractivity contribution in [1.29, 1.82) is 0 Å². The minimum atomic E-state index is 0.842. The molecule has 0 spiro atoms. The third-order valence-corrected chi connectivity index (χ3v) is 2.52. The minimum absolute atomic E-state index is 0.842. The van der Waals surface area contributed by atoms with Gasteiger partial charge in [0, 0.05) is 12.4 Å². The van der Waals surface area contributed by atoms with Crippen LogP contribution in [0.15, 0.2) is 24.5 Å². The van der Waals surface area contributed by atoms with Crippen LogP contribution in [0.25, 0.3) is 0 Å². The standard InChI is InChI=1S/C12H19N/c1-3-6-11(4-2)9-12-7-5-8-13-10-12/h5,7-8,10-11H,3-4,6,9H2,1-2H3. The zero-order chi connectivity index (χ0) is 9.52. The van der Waals surface area contributed by atoms with Crippen molar-refractivity contribution >= 4 is 0 Å². The Hall–Kier alpha value is -0.850. The van der Waals surface area contributed by atoms with E-state index in [9.17, 15) is 0 Å². The quantitative estimate of drug-likeness (QED) is 0.671. The maximum Gasteiger partial charge on any atom is 0.0299 e. The average Bonchev–Trinajstić information content (AvgIpc) is 2.19. The molecule has 0 aliphatic carbocycles. The van der Waals surface area contributed by atoms with E-state index in [1.54, 1.807) is 0 Å². The van der Waals surface area contributed by atoms with Gasteiger partial charge in [-0.25, -0.2) is 0 Å². The largest absolute Gasteiger partial charge is 0.264 e. The summed E-state index contributed by atoms with van der Waals surface area (Å²) in [4.78, 5) is 4.13. The summed E-state index contributed by atoms with van der Waals surface area (Å²) in [5.74, 6) is 0.842. The van der Waals surface area contributed by atoms with Crippen LogP contribution in [-0.2, 0) is 6.42 Å². The third kappa shape index (κ3) is 3.58. The molecule has 1 nitrogen and oxygen atoms in total. The first-order valence-corrected chi connectivity index (χ1v) is 5.25. The van der Waals surface area contributed by atoms with Gasteiger partial charge < -0.3 is 0 Å². The zero-order valence-corrected chi connectivity index (χ0v) is 8.66. The van der Waals surface area contributed by atoms with Crippen LogP contribution in [0, 0.1) is 5.92 Å². The molecule has 1 aromatic rings. The van der Waals surface area contributed by atoms with Gasteiger partial charge in [-0.15, -0.1) is 0 Å². The molecule has 0 aliphatic heterocycles. The fourth-order valence-corrected chi connectivity index (χ4v) is 1.71. The molecule has 0 amide bonds. The Morgan fingerprint density at radius 3 is 2.77 bits per heavy atom. The van der Waals surface area contributed by atoms with Crippen LogP contribution in [0.1, 0.15) is 38.7 Å². The second-order valence-electron chi connectivity index (χ2n) is 3.63. The summed E-state index contributed by atoms with van der Waals surface area (Å²) in [6.07, 6.45) is 8.92. The van der Waals surface area contributed by atoms with Gasteiger partial charge in [0.15, 0.2) is 0 Å². The predicted molar refractivity (Wildman–Crippen MR) is 56.6 cm³/mol. The van der Waals surface area contributed by atoms with Crippen molar-refractivity contribution < 1.29 is 0 Å². The van der Waals surface area contributed by atoms with Gasteiger partial charge in [-0.2, -0.15) is 0 Å². The van der Waals surface area contributed by atoms with E-state index >= 15 is 0 Å². The molecule has 1 atom stereocenters. The molecule has 1 heterocycles. The fourth-order valence-electron chi connectivity index (χ4n) is 1.71. The number of hydrogen-bond acceptors (Lipinski definition) is 1. The molecule has 0 N–H and O–H groups in total. The highest BCUT2D eigenvalue weighted by Gasteiger charge is 2.05. The van der Waals surface area contributed by atoms with Crippen LogP contribution in [-0.4, -0.2) is 4.98 Å². The molecule has 0 saturated heterocycles. The Bertz CT molecular complexity index is 218. The number of aromatic nitrogens is 1. The maximum absolute atomic E-state index is 4.13. The van der Waals surface area contributed by atoms with E-state index in [2.05, 4.69) is 24.9 Å². The minimum Gasteiger partial charge on any atom is -0.264 e. The molecule has 0 aromatic carbocycles. The summed E-state index contributed by atoms with van der Waals surface area (Å²) in [5.41, 5.74) is 1.38. The maximum atomic E-state index is 4.13. The molecule has 0 fully saturated rings. The van der Waals surface area contributed by atoms with Crippen molar-refractivity contribution in [3.63, 3.8) is 0 Å². The van der Waals surface area contributed by atoms with Gasteiger partial charge in [-0.3, -0.25) is 4.98 Å². The highest BCUT2D eigenvalue weighted by Crippen LogP contribution is 2.16. The van der Waals surface area contributed by atoms with E-state index in [0.717, 1.165) is 5.92 Å². The van der Waals surface area contributed by atoms with E-state index < -0.39 is 0 Å². The SMILES string of the molecule is CCCC(CC)Cc1cccnc1. The second-order valence-corrected chi connectivity index (χ2v) is 3.63. The lowest BCUT2D eigenvalue weighted by atomic mass is 9.94. The van der Waals surface area contributed by atoms with Crippen LogP contribution in [0.3, 0.4) is 0 Å². The van der Waals surface area contributed by atoms with Crippen molar-refractivity contribution in [1.82, 2.24) is 4.98 Å². The molecule has 1 rings (SSSR count). The van der Waals surface area contributed by atoms with Crippen LogP contribution in [0.5, 0.6) is 0 Å². The molecule has 0 bridgehead atoms. The molecule has 72 valence electrons. The molecule has 13 heavy (non-hydrogen) atoms. The lowest BCUT2D eigenvalue weighted by molar-refractivity contribution is 0.462. The Morgan fingerprint density at radius 2 is 2.23 bits per heavy atom. The van der Waals surface area contributed by atoms with Crippen molar-refractivity contribution in [3.8, 4) is 0 Å². The van der Waals surface area contributed by atoms with E-state index in [1.165, 1.54) is 31.2 Å². The summed E-state index contributed by atoms with van der Waals surface area (Å²) in [6, 6.07) is 4.19. The smallest absolute Gasteiger partial charge is 0.0299 e. The molecule has 1 aromatic heterocycles. The van der Waals surface area contributed by atoms with Gasteiger partial charge in [0.05, 0.1) is 0 Å². The summed E-state index contributed by atoms with van der Waals surface area (Å²) < 4.78 is 0. The number of rotatable bonds is 5. The monoisotopic (exact) mass is 177 g/mol. The van der Waals surface area contributed by atoms with E-state index in [4.69, 9.17) is 0 Å². The normalized spacial score (nSPS) is 12.8. The Kier molecular flexibility index (Phi) is 4.52. The molecular weight excluding hydrogens is 158 g/mol. The van der Waals surface area contributed by atoms with Crippen molar-refractivity contribution in [2.24, 2.45) is 5.92 Å². The molecule has 1 unspecified atom stereocenters. The lowest BCUT2D eigenvalue weighted by Crippen LogP contribution is -2.02. The molecule has 0 radical (unpaired) electrons. The molecule has 0 saturated carbocycles. The average molecular weight is 177 g/mol. The highest BCUT2D eigenvalue weighted by molar-refractivity contribution is 5.09. The number of pyridine rings is 1. The van der Waals surface area contributed by atoms with Crippen LogP contribution < -0.4 is 0 Å². The van der Waals surface area contributed by atoms with Gasteiger partial charge in [-0.05, 0) is 24.0 Å². The van der Waals surface area contributed by atoms with Crippen LogP contribution >= 0.6 is 0 Å². The van der Waals surface area contributed by atoms with Gasteiger partial charge in [0.1, 0.15) is 0 Å². The number of nitrogens with zero attached hydrogens (tertiary/aromatic N) is 1. The summed E-state index contributed by atoms with van der Waals surface area (Å²) in [5, 5.41) is 0. The van der Waals surface area contributed by atoms with Crippen molar-refractivity contribution in [3.05, 3.63) is 30.1 Å². The van der Waals surface area contributed by atoms with Crippen molar-refractivity contribution in [2.75, 3.05) is 0 Å². The fraction of sp³-hybridized carbons (Fsp3) is 0.583. The van der Waals surface area contributed by atoms with E-state index in [0.29, 0.717) is 0 Å². The van der Waals surface area contributed by atoms with Crippen LogP contribution in [0.2, 0.25) is 0 Å².